The maximum absolute atomic E-state index is 11.9. The van der Waals surface area contributed by atoms with Gasteiger partial charge in [0.15, 0.2) is 18.1 Å². The molecule has 0 aliphatic heterocycles. The van der Waals surface area contributed by atoms with E-state index in [2.05, 4.69) is 10.1 Å². The predicted octanol–water partition coefficient (Wildman–Crippen LogP) is 2.56. The molecule has 0 unspecified atom stereocenters. The highest BCUT2D eigenvalue weighted by Gasteiger charge is 2.15. The monoisotopic (exact) mass is 335 g/mol. The average molecular weight is 335 g/mol. The first-order valence-corrected chi connectivity index (χ1v) is 8.30. The van der Waals surface area contributed by atoms with Crippen molar-refractivity contribution in [1.29, 1.82) is 0 Å². The lowest BCUT2D eigenvalue weighted by molar-refractivity contribution is -0.123. The Morgan fingerprint density at radius 3 is 2.54 bits per heavy atom. The Morgan fingerprint density at radius 1 is 1.12 bits per heavy atom. The molecule has 6 nitrogen and oxygen atoms in total. The molecular weight excluding hydrogens is 310 g/mol. The summed E-state index contributed by atoms with van der Waals surface area (Å²) in [5.41, 5.74) is 0.364. The van der Waals surface area contributed by atoms with Crippen molar-refractivity contribution < 1.29 is 23.8 Å². The summed E-state index contributed by atoms with van der Waals surface area (Å²) in [5.74, 6) is 0.775. The minimum atomic E-state index is -0.454. The van der Waals surface area contributed by atoms with Gasteiger partial charge in [-0.15, -0.1) is 0 Å². The predicted molar refractivity (Wildman–Crippen MR) is 89.4 cm³/mol. The van der Waals surface area contributed by atoms with Crippen molar-refractivity contribution in [3.63, 3.8) is 0 Å². The van der Waals surface area contributed by atoms with Crippen LogP contribution in [-0.4, -0.2) is 39.2 Å². The topological polar surface area (TPSA) is 73.9 Å². The van der Waals surface area contributed by atoms with Gasteiger partial charge >= 0.3 is 5.97 Å². The number of carbonyl (C=O) groups is 2. The van der Waals surface area contributed by atoms with Gasteiger partial charge in [-0.3, -0.25) is 4.79 Å². The van der Waals surface area contributed by atoms with E-state index in [1.54, 1.807) is 12.1 Å². The van der Waals surface area contributed by atoms with Crippen molar-refractivity contribution >= 4 is 11.9 Å². The van der Waals surface area contributed by atoms with Crippen molar-refractivity contribution in [3.8, 4) is 11.5 Å². The van der Waals surface area contributed by atoms with E-state index in [0.717, 1.165) is 0 Å². The number of amides is 1. The molecule has 0 spiro atoms. The first-order valence-electron chi connectivity index (χ1n) is 8.30. The average Bonchev–Trinajstić information content (AvgIpc) is 2.64. The second-order valence-corrected chi connectivity index (χ2v) is 5.95. The fourth-order valence-electron chi connectivity index (χ4n) is 2.88. The van der Waals surface area contributed by atoms with Gasteiger partial charge in [0.2, 0.25) is 0 Å². The van der Waals surface area contributed by atoms with Gasteiger partial charge in [0.1, 0.15) is 0 Å². The van der Waals surface area contributed by atoms with Crippen LogP contribution in [0.2, 0.25) is 0 Å². The van der Waals surface area contributed by atoms with E-state index in [9.17, 15) is 9.59 Å². The van der Waals surface area contributed by atoms with Crippen molar-refractivity contribution in [2.45, 2.75) is 32.1 Å². The molecule has 0 atom stereocenters. The quantitative estimate of drug-likeness (QED) is 0.775. The summed E-state index contributed by atoms with van der Waals surface area (Å²) in [5, 5.41) is 2.92. The molecule has 1 aliphatic rings. The summed E-state index contributed by atoms with van der Waals surface area (Å²) in [6.45, 7) is 0.626. The minimum Gasteiger partial charge on any atom is -0.493 e. The van der Waals surface area contributed by atoms with Gasteiger partial charge in [-0.2, -0.15) is 0 Å². The van der Waals surface area contributed by atoms with E-state index >= 15 is 0 Å². The number of ether oxygens (including phenoxy) is 3. The zero-order valence-electron chi connectivity index (χ0n) is 14.3. The summed E-state index contributed by atoms with van der Waals surface area (Å²) in [6.07, 6.45) is 6.17. The molecule has 2 rings (SSSR count). The molecular formula is C18H25NO5. The molecule has 1 amide bonds. The Hall–Kier alpha value is -2.24. The lowest BCUT2D eigenvalue weighted by atomic mass is 9.89. The van der Waals surface area contributed by atoms with Crippen LogP contribution in [0, 0.1) is 5.92 Å². The fourth-order valence-corrected chi connectivity index (χ4v) is 2.88. The van der Waals surface area contributed by atoms with Crippen LogP contribution in [0.4, 0.5) is 0 Å². The van der Waals surface area contributed by atoms with E-state index in [4.69, 9.17) is 9.47 Å². The van der Waals surface area contributed by atoms with Crippen molar-refractivity contribution in [2.24, 2.45) is 5.92 Å². The van der Waals surface area contributed by atoms with Gasteiger partial charge in [-0.25, -0.2) is 4.79 Å². The first kappa shape index (κ1) is 18.1. The Balaban J connectivity index is 1.84. The molecule has 24 heavy (non-hydrogen) atoms. The first-order chi connectivity index (χ1) is 11.6. The molecule has 1 aliphatic carbocycles. The number of esters is 1. The molecule has 1 aromatic rings. The number of rotatable bonds is 7. The number of nitrogens with one attached hydrogen (secondary N) is 1. The van der Waals surface area contributed by atoms with Gasteiger partial charge in [0.05, 0.1) is 19.8 Å². The molecule has 1 N–H and O–H groups in total. The Labute approximate surface area is 142 Å². The standard InChI is InChI=1S/C18H25NO5/c1-22-16-10-14(18(21)23-2)8-9-15(16)24-12-17(20)19-11-13-6-4-3-5-7-13/h8-10,13H,3-7,11-12H2,1-2H3,(H,19,20). The van der Waals surface area contributed by atoms with Crippen LogP contribution >= 0.6 is 0 Å². The van der Waals surface area contributed by atoms with Crippen LogP contribution in [-0.2, 0) is 9.53 Å². The minimum absolute atomic E-state index is 0.0827. The van der Waals surface area contributed by atoms with Gasteiger partial charge in [0.25, 0.3) is 5.91 Å². The maximum Gasteiger partial charge on any atom is 0.337 e. The second-order valence-electron chi connectivity index (χ2n) is 5.95. The third-order valence-electron chi connectivity index (χ3n) is 4.26. The molecule has 0 aromatic heterocycles. The highest BCUT2D eigenvalue weighted by Crippen LogP contribution is 2.28. The molecule has 1 fully saturated rings. The van der Waals surface area contributed by atoms with Gasteiger partial charge in [0, 0.05) is 6.54 Å². The second kappa shape index (κ2) is 9.15. The Bertz CT molecular complexity index is 567. The fraction of sp³-hybridized carbons (Fsp3) is 0.556. The summed E-state index contributed by atoms with van der Waals surface area (Å²) < 4.78 is 15.4. The van der Waals surface area contributed by atoms with E-state index in [1.807, 2.05) is 0 Å². The zero-order chi connectivity index (χ0) is 17.4. The largest absolute Gasteiger partial charge is 0.493 e. The number of carbonyl (C=O) groups excluding carboxylic acids is 2. The summed E-state index contributed by atoms with van der Waals surface area (Å²) in [7, 11) is 2.79. The molecule has 6 heteroatoms. The summed E-state index contributed by atoms with van der Waals surface area (Å²) in [4.78, 5) is 23.4. The number of methoxy groups -OCH3 is 2. The molecule has 0 saturated heterocycles. The van der Waals surface area contributed by atoms with Gasteiger partial charge in [-0.05, 0) is 37.0 Å². The third kappa shape index (κ3) is 5.15. The highest BCUT2D eigenvalue weighted by molar-refractivity contribution is 5.90. The number of hydrogen-bond acceptors (Lipinski definition) is 5. The van der Waals surface area contributed by atoms with Gasteiger partial charge < -0.3 is 19.5 Å². The maximum atomic E-state index is 11.9. The molecule has 0 heterocycles. The van der Waals surface area contributed by atoms with Crippen LogP contribution in [0.1, 0.15) is 42.5 Å². The highest BCUT2D eigenvalue weighted by atomic mass is 16.5. The van der Waals surface area contributed by atoms with E-state index in [1.165, 1.54) is 52.4 Å². The molecule has 132 valence electrons. The van der Waals surface area contributed by atoms with Crippen molar-refractivity contribution in [2.75, 3.05) is 27.4 Å². The molecule has 0 bridgehead atoms. The van der Waals surface area contributed by atoms with Crippen LogP contribution in [0.15, 0.2) is 18.2 Å². The summed E-state index contributed by atoms with van der Waals surface area (Å²) >= 11 is 0. The lowest BCUT2D eigenvalue weighted by Crippen LogP contribution is -2.33. The van der Waals surface area contributed by atoms with E-state index < -0.39 is 5.97 Å². The molecule has 1 aromatic carbocycles. The van der Waals surface area contributed by atoms with Crippen LogP contribution in [0.5, 0.6) is 11.5 Å². The Kier molecular flexibility index (Phi) is 6.90. The molecule has 1 saturated carbocycles. The van der Waals surface area contributed by atoms with Crippen molar-refractivity contribution in [3.05, 3.63) is 23.8 Å². The number of hydrogen-bond donors (Lipinski definition) is 1. The third-order valence-corrected chi connectivity index (χ3v) is 4.26. The van der Waals surface area contributed by atoms with E-state index in [0.29, 0.717) is 29.5 Å². The number of benzene rings is 1. The van der Waals surface area contributed by atoms with Crippen LogP contribution in [0.3, 0.4) is 0 Å². The van der Waals surface area contributed by atoms with Gasteiger partial charge in [-0.1, -0.05) is 19.3 Å². The van der Waals surface area contributed by atoms with Crippen molar-refractivity contribution in [1.82, 2.24) is 5.32 Å². The smallest absolute Gasteiger partial charge is 0.337 e. The summed E-state index contributed by atoms with van der Waals surface area (Å²) in [6, 6.07) is 4.70. The van der Waals surface area contributed by atoms with Crippen LogP contribution in [0.25, 0.3) is 0 Å². The lowest BCUT2D eigenvalue weighted by Gasteiger charge is -2.21. The SMILES string of the molecule is COC(=O)c1ccc(OCC(=O)NCC2CCCCC2)c(OC)c1. The van der Waals surface area contributed by atoms with Crippen LogP contribution < -0.4 is 14.8 Å². The normalized spacial score (nSPS) is 14.8. The zero-order valence-corrected chi connectivity index (χ0v) is 14.3. The van der Waals surface area contributed by atoms with E-state index in [-0.39, 0.29) is 12.5 Å². The Morgan fingerprint density at radius 2 is 1.88 bits per heavy atom. The molecule has 0 radical (unpaired) electrons.